The highest BCUT2D eigenvalue weighted by molar-refractivity contribution is 9.11. The predicted molar refractivity (Wildman–Crippen MR) is 119 cm³/mol. The Hall–Kier alpha value is -2.71. The summed E-state index contributed by atoms with van der Waals surface area (Å²) in [5.41, 5.74) is 0.848. The van der Waals surface area contributed by atoms with Crippen LogP contribution >= 0.6 is 31.9 Å². The van der Waals surface area contributed by atoms with E-state index < -0.39 is 12.0 Å². The van der Waals surface area contributed by atoms with Crippen LogP contribution in [0.15, 0.2) is 73.8 Å². The maximum atomic E-state index is 12.4. The van der Waals surface area contributed by atoms with Crippen LogP contribution in [0.1, 0.15) is 6.92 Å². The van der Waals surface area contributed by atoms with Gasteiger partial charge in [-0.1, -0.05) is 46.3 Å². The summed E-state index contributed by atoms with van der Waals surface area (Å²) in [6, 6.07) is 17.1. The van der Waals surface area contributed by atoms with Crippen molar-refractivity contribution in [1.82, 2.24) is 4.98 Å². The third kappa shape index (κ3) is 4.04. The van der Waals surface area contributed by atoms with Crippen molar-refractivity contribution in [2.75, 3.05) is 0 Å². The Morgan fingerprint density at radius 2 is 1.86 bits per heavy atom. The maximum Gasteiger partial charge on any atom is 0.304 e. The molecular weight excluding hydrogens is 502 g/mol. The van der Waals surface area contributed by atoms with Crippen molar-refractivity contribution >= 4 is 65.1 Å². The highest BCUT2D eigenvalue weighted by atomic mass is 79.9. The summed E-state index contributed by atoms with van der Waals surface area (Å²) in [4.78, 5) is 15.2. The lowest BCUT2D eigenvalue weighted by Gasteiger charge is -2.11. The number of nitrogens with one attached hydrogen (secondary N) is 1. The van der Waals surface area contributed by atoms with Crippen LogP contribution < -0.4 is 4.74 Å². The van der Waals surface area contributed by atoms with Gasteiger partial charge in [-0.3, -0.25) is 4.79 Å². The molecular formula is C21H15Br2N3O3. The van der Waals surface area contributed by atoms with Crippen molar-refractivity contribution in [3.8, 4) is 11.6 Å². The van der Waals surface area contributed by atoms with Gasteiger partial charge in [0.1, 0.15) is 5.75 Å². The largest absolute Gasteiger partial charge is 0.493 e. The van der Waals surface area contributed by atoms with Crippen LogP contribution in [0, 0.1) is 0 Å². The zero-order chi connectivity index (χ0) is 20.5. The third-order valence-electron chi connectivity index (χ3n) is 4.41. The van der Waals surface area contributed by atoms with E-state index in [4.69, 9.17) is 4.74 Å². The van der Waals surface area contributed by atoms with Gasteiger partial charge in [0.05, 0.1) is 5.52 Å². The number of azo groups is 1. The number of carbonyl (C=O) groups is 1. The fraction of sp³-hybridized carbons (Fsp3) is 0.0952. The van der Waals surface area contributed by atoms with Gasteiger partial charge in [0.25, 0.3) is 0 Å². The number of aromatic hydroxyl groups is 1. The van der Waals surface area contributed by atoms with Crippen LogP contribution in [0.25, 0.3) is 21.7 Å². The summed E-state index contributed by atoms with van der Waals surface area (Å²) < 4.78 is 7.27. The Morgan fingerprint density at radius 3 is 2.66 bits per heavy atom. The highest BCUT2D eigenvalue weighted by Crippen LogP contribution is 2.40. The summed E-state index contributed by atoms with van der Waals surface area (Å²) in [7, 11) is 0. The fourth-order valence-corrected chi connectivity index (χ4v) is 4.29. The zero-order valence-corrected chi connectivity index (χ0v) is 18.4. The van der Waals surface area contributed by atoms with Crippen molar-refractivity contribution in [1.29, 1.82) is 0 Å². The summed E-state index contributed by atoms with van der Waals surface area (Å²) in [5, 5.41) is 20.6. The van der Waals surface area contributed by atoms with E-state index in [1.165, 1.54) is 0 Å². The summed E-state index contributed by atoms with van der Waals surface area (Å²) >= 11 is 6.82. The predicted octanol–water partition coefficient (Wildman–Crippen LogP) is 6.63. The summed E-state index contributed by atoms with van der Waals surface area (Å²) in [6.45, 7) is 1.61. The van der Waals surface area contributed by atoms with Crippen molar-refractivity contribution in [3.63, 3.8) is 0 Å². The zero-order valence-electron chi connectivity index (χ0n) is 15.2. The Morgan fingerprint density at radius 1 is 1.10 bits per heavy atom. The van der Waals surface area contributed by atoms with E-state index in [2.05, 4.69) is 47.1 Å². The number of aromatic nitrogens is 1. The molecule has 8 heteroatoms. The molecule has 0 saturated heterocycles. The molecule has 0 aliphatic rings. The van der Waals surface area contributed by atoms with Gasteiger partial charge >= 0.3 is 5.91 Å². The third-order valence-corrected chi connectivity index (χ3v) is 5.49. The van der Waals surface area contributed by atoms with Crippen molar-refractivity contribution in [2.24, 2.45) is 10.2 Å². The molecule has 0 aliphatic heterocycles. The van der Waals surface area contributed by atoms with Gasteiger partial charge in [0.15, 0.2) is 11.8 Å². The minimum atomic E-state index is -0.828. The number of rotatable bonds is 4. The Kier molecular flexibility index (Phi) is 5.38. The van der Waals surface area contributed by atoms with Crippen LogP contribution in [0.3, 0.4) is 0 Å². The number of aromatic amines is 1. The average molecular weight is 517 g/mol. The van der Waals surface area contributed by atoms with Crippen LogP contribution in [0.2, 0.25) is 0 Å². The molecule has 29 heavy (non-hydrogen) atoms. The van der Waals surface area contributed by atoms with Gasteiger partial charge in [-0.2, -0.15) is 0 Å². The first-order chi connectivity index (χ1) is 13.9. The normalized spacial score (nSPS) is 12.7. The van der Waals surface area contributed by atoms with Gasteiger partial charge in [-0.15, -0.1) is 10.2 Å². The molecule has 1 aromatic heterocycles. The first kappa shape index (κ1) is 19.6. The molecule has 0 spiro atoms. The van der Waals surface area contributed by atoms with E-state index in [-0.39, 0.29) is 11.6 Å². The van der Waals surface area contributed by atoms with Crippen LogP contribution in [-0.2, 0) is 4.79 Å². The number of amides is 1. The number of fused-ring (bicyclic) bond motifs is 2. The van der Waals surface area contributed by atoms with Crippen molar-refractivity contribution in [2.45, 2.75) is 13.0 Å². The van der Waals surface area contributed by atoms with Gasteiger partial charge in [-0.05, 0) is 57.9 Å². The van der Waals surface area contributed by atoms with Crippen molar-refractivity contribution in [3.05, 3.63) is 63.5 Å². The number of H-pyrrole nitrogens is 1. The molecule has 0 fully saturated rings. The Labute approximate surface area is 182 Å². The molecule has 6 nitrogen and oxygen atoms in total. The second kappa shape index (κ2) is 7.96. The van der Waals surface area contributed by atoms with Gasteiger partial charge < -0.3 is 14.8 Å². The quantitative estimate of drug-likeness (QED) is 0.298. The average Bonchev–Trinajstić information content (AvgIpc) is 3.01. The highest BCUT2D eigenvalue weighted by Gasteiger charge is 2.17. The molecule has 4 rings (SSSR count). The molecule has 0 aliphatic carbocycles. The first-order valence-electron chi connectivity index (χ1n) is 8.73. The number of benzene rings is 3. The smallest absolute Gasteiger partial charge is 0.304 e. The second-order valence-electron chi connectivity index (χ2n) is 6.44. The van der Waals surface area contributed by atoms with Gasteiger partial charge in [-0.25, -0.2) is 0 Å². The Balaban J connectivity index is 1.54. The number of halogens is 2. The SMILES string of the molecule is CC(Oc1ccc2ccccc2c1)C(=O)N=Nc1c(O)[nH]c2c(Br)cc(Br)cc12. The molecule has 0 radical (unpaired) electrons. The minimum absolute atomic E-state index is 0.168. The standard InChI is InChI=1S/C21H15Br2N3O3/c1-11(29-15-7-6-12-4-2-3-5-13(12)8-15)20(27)26-25-19-16-9-14(22)10-17(23)18(16)24-21(19)28/h2-11,24,28H,1H3. The topological polar surface area (TPSA) is 87.0 Å². The number of nitrogens with zero attached hydrogens (tertiary/aromatic N) is 2. The number of carbonyl (C=O) groups excluding carboxylic acids is 1. The van der Waals surface area contributed by atoms with Crippen LogP contribution in [0.5, 0.6) is 11.6 Å². The minimum Gasteiger partial charge on any atom is -0.493 e. The van der Waals surface area contributed by atoms with Crippen LogP contribution in [0.4, 0.5) is 5.69 Å². The van der Waals surface area contributed by atoms with E-state index in [0.717, 1.165) is 19.7 Å². The molecule has 1 unspecified atom stereocenters. The second-order valence-corrected chi connectivity index (χ2v) is 8.21. The first-order valence-corrected chi connectivity index (χ1v) is 10.3. The van der Waals surface area contributed by atoms with Gasteiger partial charge in [0.2, 0.25) is 5.88 Å². The van der Waals surface area contributed by atoms with E-state index in [1.54, 1.807) is 13.0 Å². The molecule has 0 saturated carbocycles. The summed E-state index contributed by atoms with van der Waals surface area (Å²) in [5.74, 6) is -0.151. The molecule has 1 heterocycles. The Bertz CT molecular complexity index is 1270. The van der Waals surface area contributed by atoms with Crippen molar-refractivity contribution < 1.29 is 14.6 Å². The molecule has 3 aromatic carbocycles. The molecule has 2 N–H and O–H groups in total. The monoisotopic (exact) mass is 515 g/mol. The molecule has 1 atom stereocenters. The lowest BCUT2D eigenvalue weighted by atomic mass is 10.1. The number of hydrogen-bond acceptors (Lipinski definition) is 4. The molecule has 4 aromatic rings. The molecule has 0 bridgehead atoms. The lowest BCUT2D eigenvalue weighted by molar-refractivity contribution is -0.124. The molecule has 146 valence electrons. The van der Waals surface area contributed by atoms with Gasteiger partial charge in [0, 0.05) is 14.3 Å². The van der Waals surface area contributed by atoms with E-state index in [1.807, 2.05) is 48.5 Å². The van der Waals surface area contributed by atoms with E-state index in [0.29, 0.717) is 16.7 Å². The maximum absolute atomic E-state index is 12.4. The number of ether oxygens (including phenoxy) is 1. The summed E-state index contributed by atoms with van der Waals surface area (Å²) in [6.07, 6.45) is -0.828. The fourth-order valence-electron chi connectivity index (χ4n) is 2.97. The number of hydrogen-bond donors (Lipinski definition) is 2. The molecule has 1 amide bonds. The van der Waals surface area contributed by atoms with E-state index in [9.17, 15) is 9.90 Å². The lowest BCUT2D eigenvalue weighted by Crippen LogP contribution is -2.21. The van der Waals surface area contributed by atoms with E-state index >= 15 is 0 Å². The van der Waals surface area contributed by atoms with Crippen LogP contribution in [-0.4, -0.2) is 22.1 Å².